The molecule has 0 aromatic heterocycles. The van der Waals surface area contributed by atoms with Crippen LogP contribution in [0.1, 0.15) is 11.1 Å². The van der Waals surface area contributed by atoms with Crippen molar-refractivity contribution >= 4 is 25.9 Å². The minimum absolute atomic E-state index is 0.00357. The fourth-order valence-electron chi connectivity index (χ4n) is 2.55. The summed E-state index contributed by atoms with van der Waals surface area (Å²) in [5, 5.41) is 0.258. The maximum absolute atomic E-state index is 12.9. The van der Waals surface area contributed by atoms with E-state index >= 15 is 0 Å². The van der Waals surface area contributed by atoms with Crippen LogP contribution in [0.3, 0.4) is 0 Å². The number of halogens is 1. The summed E-state index contributed by atoms with van der Waals surface area (Å²) >= 11 is 0. The van der Waals surface area contributed by atoms with Gasteiger partial charge in [-0.2, -0.15) is 4.31 Å². The van der Waals surface area contributed by atoms with E-state index in [1.54, 1.807) is 12.1 Å². The molecule has 1 aliphatic heterocycles. The van der Waals surface area contributed by atoms with Gasteiger partial charge in [-0.05, 0) is 42.8 Å². The Balaban J connectivity index is 1.68. The normalized spacial score (nSPS) is 16.7. The average molecular weight is 395 g/mol. The molecule has 0 radical (unpaired) electrons. The Morgan fingerprint density at radius 1 is 0.962 bits per heavy atom. The average Bonchev–Trinajstić information content (AvgIpc) is 2.53. The standard InChI is InChI=1S/C18H18FNO4S2/c1-14-2-4-15(5-3-14)10-11-25(21,22)20-12-18(13-20)26(23,24)17-8-6-16(19)7-9-17/h2-11,18H,12-13H2,1H3/b11-10+. The Bertz CT molecular complexity index is 1020. The van der Waals surface area contributed by atoms with Crippen LogP contribution in [0.5, 0.6) is 0 Å². The highest BCUT2D eigenvalue weighted by molar-refractivity contribution is 7.93. The third-order valence-electron chi connectivity index (χ3n) is 4.27. The van der Waals surface area contributed by atoms with Crippen molar-refractivity contribution in [2.24, 2.45) is 0 Å². The van der Waals surface area contributed by atoms with Crippen molar-refractivity contribution in [2.45, 2.75) is 17.1 Å². The maximum atomic E-state index is 12.9. The summed E-state index contributed by atoms with van der Waals surface area (Å²) in [6.07, 6.45) is 1.48. The Kier molecular flexibility index (Phi) is 5.01. The Labute approximate surface area is 152 Å². The number of rotatable bonds is 5. The highest BCUT2D eigenvalue weighted by Crippen LogP contribution is 2.26. The lowest BCUT2D eigenvalue weighted by Gasteiger charge is -2.36. The minimum Gasteiger partial charge on any atom is -0.223 e. The van der Waals surface area contributed by atoms with E-state index in [1.807, 2.05) is 19.1 Å². The Hall–Kier alpha value is -2.03. The predicted octanol–water partition coefficient (Wildman–Crippen LogP) is 2.59. The smallest absolute Gasteiger partial charge is 0.223 e. The summed E-state index contributed by atoms with van der Waals surface area (Å²) in [7, 11) is -7.37. The molecule has 26 heavy (non-hydrogen) atoms. The molecule has 0 unspecified atom stereocenters. The van der Waals surface area contributed by atoms with Crippen LogP contribution < -0.4 is 0 Å². The molecule has 0 spiro atoms. The summed E-state index contributed by atoms with van der Waals surface area (Å²) in [6.45, 7) is 1.71. The van der Waals surface area contributed by atoms with Crippen molar-refractivity contribution in [1.82, 2.24) is 4.31 Å². The van der Waals surface area contributed by atoms with Crippen LogP contribution >= 0.6 is 0 Å². The fourth-order valence-corrected chi connectivity index (χ4v) is 5.67. The number of sulfone groups is 1. The quantitative estimate of drug-likeness (QED) is 0.730. The Morgan fingerprint density at radius 3 is 2.12 bits per heavy atom. The molecule has 5 nitrogen and oxygen atoms in total. The maximum Gasteiger partial charge on any atom is 0.236 e. The molecular weight excluding hydrogens is 377 g/mol. The third kappa shape index (κ3) is 3.87. The summed E-state index contributed by atoms with van der Waals surface area (Å²) in [4.78, 5) is -0.00357. The number of sulfonamides is 1. The van der Waals surface area contributed by atoms with Gasteiger partial charge in [0.2, 0.25) is 10.0 Å². The van der Waals surface area contributed by atoms with Crippen LogP contribution in [-0.2, 0) is 19.9 Å². The molecule has 1 aliphatic rings. The topological polar surface area (TPSA) is 71.5 Å². The van der Waals surface area contributed by atoms with Gasteiger partial charge in [-0.1, -0.05) is 29.8 Å². The van der Waals surface area contributed by atoms with Crippen molar-refractivity contribution in [3.05, 3.63) is 70.9 Å². The molecule has 3 rings (SSSR count). The van der Waals surface area contributed by atoms with Gasteiger partial charge in [0.15, 0.2) is 9.84 Å². The van der Waals surface area contributed by atoms with E-state index in [1.165, 1.54) is 18.2 Å². The Morgan fingerprint density at radius 2 is 1.54 bits per heavy atom. The summed E-state index contributed by atoms with van der Waals surface area (Å²) < 4.78 is 63.6. The van der Waals surface area contributed by atoms with E-state index < -0.39 is 30.9 Å². The lowest BCUT2D eigenvalue weighted by molar-refractivity contribution is 0.313. The van der Waals surface area contributed by atoms with Crippen molar-refractivity contribution in [3.63, 3.8) is 0 Å². The second-order valence-corrected chi connectivity index (χ2v) is 10.2. The van der Waals surface area contributed by atoms with Crippen LogP contribution in [0, 0.1) is 12.7 Å². The molecule has 138 valence electrons. The number of hydrogen-bond acceptors (Lipinski definition) is 4. The molecule has 0 aliphatic carbocycles. The van der Waals surface area contributed by atoms with Gasteiger partial charge in [-0.15, -0.1) is 0 Å². The molecule has 0 amide bonds. The molecule has 1 fully saturated rings. The summed E-state index contributed by atoms with van der Waals surface area (Å²) in [5.41, 5.74) is 1.82. The molecular formula is C18H18FNO4S2. The largest absolute Gasteiger partial charge is 0.236 e. The molecule has 1 saturated heterocycles. The van der Waals surface area contributed by atoms with Crippen molar-refractivity contribution in [2.75, 3.05) is 13.1 Å². The number of benzene rings is 2. The van der Waals surface area contributed by atoms with E-state index in [0.717, 1.165) is 33.0 Å². The monoisotopic (exact) mass is 395 g/mol. The van der Waals surface area contributed by atoms with Gasteiger partial charge < -0.3 is 0 Å². The van der Waals surface area contributed by atoms with Crippen LogP contribution in [0.4, 0.5) is 4.39 Å². The SMILES string of the molecule is Cc1ccc(/C=C/S(=O)(=O)N2CC(S(=O)(=O)c3ccc(F)cc3)C2)cc1. The zero-order valence-electron chi connectivity index (χ0n) is 14.0. The van der Waals surface area contributed by atoms with Gasteiger partial charge in [-0.25, -0.2) is 21.2 Å². The fraction of sp³-hybridized carbons (Fsp3) is 0.222. The van der Waals surface area contributed by atoms with E-state index in [-0.39, 0.29) is 18.0 Å². The first-order chi connectivity index (χ1) is 12.2. The lowest BCUT2D eigenvalue weighted by Crippen LogP contribution is -2.56. The first kappa shape index (κ1) is 18.8. The van der Waals surface area contributed by atoms with Gasteiger partial charge >= 0.3 is 0 Å². The van der Waals surface area contributed by atoms with E-state index in [2.05, 4.69) is 0 Å². The number of aryl methyl sites for hydroxylation is 1. The predicted molar refractivity (Wildman–Crippen MR) is 98.1 cm³/mol. The molecule has 0 N–H and O–H groups in total. The van der Waals surface area contributed by atoms with Gasteiger partial charge in [0.05, 0.1) is 10.1 Å². The first-order valence-electron chi connectivity index (χ1n) is 7.93. The zero-order valence-corrected chi connectivity index (χ0v) is 15.7. The van der Waals surface area contributed by atoms with Crippen LogP contribution in [-0.4, -0.2) is 39.5 Å². The van der Waals surface area contributed by atoms with Gasteiger partial charge in [-0.3, -0.25) is 0 Å². The highest BCUT2D eigenvalue weighted by Gasteiger charge is 2.42. The zero-order chi connectivity index (χ0) is 18.9. The number of hydrogen-bond donors (Lipinski definition) is 0. The second-order valence-electron chi connectivity index (χ2n) is 6.20. The molecule has 2 aromatic rings. The number of nitrogens with zero attached hydrogens (tertiary/aromatic N) is 1. The minimum atomic E-state index is -3.69. The van der Waals surface area contributed by atoms with E-state index in [4.69, 9.17) is 0 Å². The van der Waals surface area contributed by atoms with Gasteiger partial charge in [0.1, 0.15) is 5.82 Å². The molecule has 2 aromatic carbocycles. The first-order valence-corrected chi connectivity index (χ1v) is 11.0. The van der Waals surface area contributed by atoms with E-state index in [9.17, 15) is 21.2 Å². The highest BCUT2D eigenvalue weighted by atomic mass is 32.2. The van der Waals surface area contributed by atoms with Crippen LogP contribution in [0.15, 0.2) is 58.8 Å². The molecule has 0 bridgehead atoms. The third-order valence-corrected chi connectivity index (χ3v) is 7.87. The molecule has 8 heteroatoms. The lowest BCUT2D eigenvalue weighted by atomic mass is 10.2. The van der Waals surface area contributed by atoms with Gasteiger partial charge in [0.25, 0.3) is 0 Å². The summed E-state index contributed by atoms with van der Waals surface area (Å²) in [5.74, 6) is -0.525. The van der Waals surface area contributed by atoms with Crippen LogP contribution in [0.25, 0.3) is 6.08 Å². The second kappa shape index (κ2) is 6.94. The van der Waals surface area contributed by atoms with Crippen molar-refractivity contribution in [1.29, 1.82) is 0 Å². The van der Waals surface area contributed by atoms with Crippen LogP contribution in [0.2, 0.25) is 0 Å². The molecule has 0 saturated carbocycles. The summed E-state index contributed by atoms with van der Waals surface area (Å²) in [6, 6.07) is 11.9. The van der Waals surface area contributed by atoms with E-state index in [0.29, 0.717) is 0 Å². The van der Waals surface area contributed by atoms with Gasteiger partial charge in [0, 0.05) is 18.5 Å². The molecule has 0 atom stereocenters. The van der Waals surface area contributed by atoms with Crippen molar-refractivity contribution < 1.29 is 21.2 Å². The van der Waals surface area contributed by atoms with Crippen molar-refractivity contribution in [3.8, 4) is 0 Å². The molecule has 1 heterocycles.